The van der Waals surface area contributed by atoms with Crippen molar-refractivity contribution in [3.05, 3.63) is 90.5 Å². The van der Waals surface area contributed by atoms with Crippen LogP contribution < -0.4 is 10.1 Å². The van der Waals surface area contributed by atoms with Gasteiger partial charge in [-0.3, -0.25) is 9.59 Å². The van der Waals surface area contributed by atoms with E-state index in [9.17, 15) is 9.59 Å². The molecule has 158 valence electrons. The van der Waals surface area contributed by atoms with Crippen LogP contribution in [0.4, 0.5) is 11.4 Å². The quantitative estimate of drug-likeness (QED) is 0.665. The molecule has 3 aromatic carbocycles. The smallest absolute Gasteiger partial charge is 0.260 e. The van der Waals surface area contributed by atoms with Gasteiger partial charge in [0.05, 0.1) is 0 Å². The summed E-state index contributed by atoms with van der Waals surface area (Å²) < 4.78 is 5.67. The number of hydrogen-bond donors (Lipinski definition) is 1. The summed E-state index contributed by atoms with van der Waals surface area (Å²) in [6, 6.07) is 26.7. The normalized spacial score (nSPS) is 13.5. The highest BCUT2D eigenvalue weighted by Gasteiger charge is 2.24. The number of para-hydroxylation sites is 1. The molecule has 3 aromatic rings. The van der Waals surface area contributed by atoms with Crippen LogP contribution in [0.2, 0.25) is 0 Å². The lowest BCUT2D eigenvalue weighted by Gasteiger charge is -2.34. The SMILES string of the molecule is O=C(COc1ccc(Nc2ccccc2)cc1)N1CCN(C(=O)c2ccccc2)CC1. The van der Waals surface area contributed by atoms with Crippen molar-refractivity contribution in [2.24, 2.45) is 0 Å². The molecule has 0 atom stereocenters. The van der Waals surface area contributed by atoms with Crippen LogP contribution in [0, 0.1) is 0 Å². The maximum atomic E-state index is 12.5. The summed E-state index contributed by atoms with van der Waals surface area (Å²) in [6.07, 6.45) is 0. The van der Waals surface area contributed by atoms with Gasteiger partial charge in [-0.15, -0.1) is 0 Å². The van der Waals surface area contributed by atoms with Crippen molar-refractivity contribution in [1.82, 2.24) is 9.80 Å². The van der Waals surface area contributed by atoms with Gasteiger partial charge >= 0.3 is 0 Å². The van der Waals surface area contributed by atoms with Gasteiger partial charge in [0.2, 0.25) is 0 Å². The average molecular weight is 415 g/mol. The Morgan fingerprint density at radius 2 is 1.26 bits per heavy atom. The zero-order valence-corrected chi connectivity index (χ0v) is 17.2. The number of hydrogen-bond acceptors (Lipinski definition) is 4. The van der Waals surface area contributed by atoms with Crippen LogP contribution in [0.1, 0.15) is 10.4 Å². The Balaban J connectivity index is 1.23. The maximum Gasteiger partial charge on any atom is 0.260 e. The second kappa shape index (κ2) is 9.80. The van der Waals surface area contributed by atoms with Gasteiger partial charge in [-0.05, 0) is 48.5 Å². The van der Waals surface area contributed by atoms with Gasteiger partial charge in [0.1, 0.15) is 5.75 Å². The van der Waals surface area contributed by atoms with E-state index in [2.05, 4.69) is 5.32 Å². The molecule has 2 amide bonds. The number of piperazine rings is 1. The Hall–Kier alpha value is -3.80. The molecule has 0 saturated carbocycles. The van der Waals surface area contributed by atoms with Crippen LogP contribution in [0.5, 0.6) is 5.75 Å². The summed E-state index contributed by atoms with van der Waals surface area (Å²) in [6.45, 7) is 2.07. The minimum Gasteiger partial charge on any atom is -0.484 e. The average Bonchev–Trinajstić information content (AvgIpc) is 2.84. The van der Waals surface area contributed by atoms with Gasteiger partial charge in [-0.2, -0.15) is 0 Å². The lowest BCUT2D eigenvalue weighted by atomic mass is 10.2. The Morgan fingerprint density at radius 3 is 1.90 bits per heavy atom. The van der Waals surface area contributed by atoms with E-state index in [-0.39, 0.29) is 18.4 Å². The van der Waals surface area contributed by atoms with Crippen LogP contribution in [-0.2, 0) is 4.79 Å². The van der Waals surface area contributed by atoms with Gasteiger partial charge in [-0.25, -0.2) is 0 Å². The van der Waals surface area contributed by atoms with Crippen LogP contribution in [-0.4, -0.2) is 54.4 Å². The number of ether oxygens (including phenoxy) is 1. The zero-order valence-electron chi connectivity index (χ0n) is 17.2. The van der Waals surface area contributed by atoms with Gasteiger partial charge in [0, 0.05) is 43.1 Å². The standard InChI is InChI=1S/C25H25N3O3/c29-24(27-15-17-28(18-16-27)25(30)20-7-3-1-4-8-20)19-31-23-13-11-22(12-14-23)26-21-9-5-2-6-10-21/h1-14,26H,15-19H2. The number of anilines is 2. The van der Waals surface area contributed by atoms with E-state index in [1.165, 1.54) is 0 Å². The lowest BCUT2D eigenvalue weighted by Crippen LogP contribution is -2.51. The monoisotopic (exact) mass is 415 g/mol. The first-order valence-corrected chi connectivity index (χ1v) is 10.4. The molecular formula is C25H25N3O3. The fourth-order valence-electron chi connectivity index (χ4n) is 3.48. The maximum absolute atomic E-state index is 12.5. The molecule has 0 radical (unpaired) electrons. The largest absolute Gasteiger partial charge is 0.484 e. The van der Waals surface area contributed by atoms with Crippen LogP contribution >= 0.6 is 0 Å². The first-order valence-electron chi connectivity index (χ1n) is 10.4. The van der Waals surface area contributed by atoms with E-state index >= 15 is 0 Å². The van der Waals surface area contributed by atoms with E-state index in [0.29, 0.717) is 37.5 Å². The van der Waals surface area contributed by atoms with Crippen LogP contribution in [0.15, 0.2) is 84.9 Å². The molecule has 1 aliphatic heterocycles. The molecule has 1 N–H and O–H groups in total. The van der Waals surface area contributed by atoms with Gasteiger partial charge < -0.3 is 19.9 Å². The number of rotatable bonds is 6. The molecule has 1 heterocycles. The molecule has 1 fully saturated rings. The first-order chi connectivity index (χ1) is 15.2. The summed E-state index contributed by atoms with van der Waals surface area (Å²) in [7, 11) is 0. The highest BCUT2D eigenvalue weighted by molar-refractivity contribution is 5.94. The van der Waals surface area contributed by atoms with E-state index in [1.54, 1.807) is 9.80 Å². The van der Waals surface area contributed by atoms with E-state index in [0.717, 1.165) is 11.4 Å². The van der Waals surface area contributed by atoms with E-state index < -0.39 is 0 Å². The fourth-order valence-corrected chi connectivity index (χ4v) is 3.48. The molecule has 0 spiro atoms. The third-order valence-corrected chi connectivity index (χ3v) is 5.22. The first kappa shape index (κ1) is 20.5. The Kier molecular flexibility index (Phi) is 6.47. The van der Waals surface area contributed by atoms with Crippen molar-refractivity contribution in [3.63, 3.8) is 0 Å². The van der Waals surface area contributed by atoms with Crippen molar-refractivity contribution in [2.75, 3.05) is 38.1 Å². The predicted molar refractivity (Wildman–Crippen MR) is 121 cm³/mol. The summed E-state index contributed by atoms with van der Waals surface area (Å²) >= 11 is 0. The molecule has 0 bridgehead atoms. The van der Waals surface area contributed by atoms with Crippen molar-refractivity contribution in [1.29, 1.82) is 0 Å². The van der Waals surface area contributed by atoms with Crippen molar-refractivity contribution >= 4 is 23.2 Å². The molecule has 31 heavy (non-hydrogen) atoms. The number of carbonyl (C=O) groups is 2. The predicted octanol–water partition coefficient (Wildman–Crippen LogP) is 3.79. The molecule has 1 aliphatic rings. The van der Waals surface area contributed by atoms with Gasteiger partial charge in [0.25, 0.3) is 11.8 Å². The molecule has 1 saturated heterocycles. The molecular weight excluding hydrogens is 390 g/mol. The molecule has 4 rings (SSSR count). The lowest BCUT2D eigenvalue weighted by molar-refractivity contribution is -0.134. The Labute approximate surface area is 182 Å². The summed E-state index contributed by atoms with van der Waals surface area (Å²) in [4.78, 5) is 28.6. The minimum absolute atomic E-state index is 0.00755. The molecule has 0 aromatic heterocycles. The molecule has 6 nitrogen and oxygen atoms in total. The van der Waals surface area contributed by atoms with Crippen molar-refractivity contribution < 1.29 is 14.3 Å². The van der Waals surface area contributed by atoms with E-state index in [4.69, 9.17) is 4.74 Å². The number of nitrogens with zero attached hydrogens (tertiary/aromatic N) is 2. The third-order valence-electron chi connectivity index (χ3n) is 5.22. The Morgan fingerprint density at radius 1 is 0.710 bits per heavy atom. The number of amides is 2. The van der Waals surface area contributed by atoms with E-state index in [1.807, 2.05) is 84.9 Å². The summed E-state index contributed by atoms with van der Waals surface area (Å²) in [5, 5.41) is 3.31. The topological polar surface area (TPSA) is 61.9 Å². The second-order valence-electron chi connectivity index (χ2n) is 7.34. The Bertz CT molecular complexity index is 999. The molecule has 6 heteroatoms. The van der Waals surface area contributed by atoms with Crippen molar-refractivity contribution in [2.45, 2.75) is 0 Å². The third kappa shape index (κ3) is 5.42. The minimum atomic E-state index is -0.0710. The summed E-state index contributed by atoms with van der Waals surface area (Å²) in [5.41, 5.74) is 2.64. The highest BCUT2D eigenvalue weighted by atomic mass is 16.5. The fraction of sp³-hybridized carbons (Fsp3) is 0.200. The molecule has 0 aliphatic carbocycles. The van der Waals surface area contributed by atoms with Crippen LogP contribution in [0.3, 0.4) is 0 Å². The van der Waals surface area contributed by atoms with Gasteiger partial charge in [-0.1, -0.05) is 36.4 Å². The van der Waals surface area contributed by atoms with Gasteiger partial charge in [0.15, 0.2) is 6.61 Å². The zero-order chi connectivity index (χ0) is 21.5. The number of carbonyl (C=O) groups excluding carboxylic acids is 2. The summed E-state index contributed by atoms with van der Waals surface area (Å²) in [5.74, 6) is 0.580. The second-order valence-corrected chi connectivity index (χ2v) is 7.34. The molecule has 0 unspecified atom stereocenters. The number of benzene rings is 3. The van der Waals surface area contributed by atoms with Crippen molar-refractivity contribution in [3.8, 4) is 5.75 Å². The number of nitrogens with one attached hydrogen (secondary N) is 1. The van der Waals surface area contributed by atoms with Crippen LogP contribution in [0.25, 0.3) is 0 Å². The highest BCUT2D eigenvalue weighted by Crippen LogP contribution is 2.20.